The normalized spacial score (nSPS) is 20.4. The Labute approximate surface area is 201 Å². The van der Waals surface area contributed by atoms with E-state index >= 15 is 0 Å². The fraction of sp³-hybridized carbons (Fsp3) is 0.500. The van der Waals surface area contributed by atoms with Gasteiger partial charge in [0.15, 0.2) is 0 Å². The van der Waals surface area contributed by atoms with Crippen molar-refractivity contribution in [3.05, 3.63) is 71.0 Å². The number of rotatable bonds is 5. The van der Waals surface area contributed by atoms with Crippen LogP contribution in [-0.4, -0.2) is 61.0 Å². The lowest BCUT2D eigenvalue weighted by Gasteiger charge is -2.40. The summed E-state index contributed by atoms with van der Waals surface area (Å²) < 4.78 is 19.6. The highest BCUT2D eigenvalue weighted by atomic mass is 19.1. The number of likely N-dealkylation sites (tertiary alicyclic amines) is 1. The van der Waals surface area contributed by atoms with Crippen molar-refractivity contribution in [3.63, 3.8) is 0 Å². The molecule has 0 radical (unpaired) electrons. The van der Waals surface area contributed by atoms with Gasteiger partial charge in [0.25, 0.3) is 0 Å². The number of hydrogen-bond donors (Lipinski definition) is 0. The average molecular weight is 467 g/mol. The zero-order chi connectivity index (χ0) is 24.1. The van der Waals surface area contributed by atoms with Crippen LogP contribution in [0.5, 0.6) is 0 Å². The van der Waals surface area contributed by atoms with Gasteiger partial charge in [-0.2, -0.15) is 0 Å². The molecule has 2 saturated heterocycles. The van der Waals surface area contributed by atoms with Crippen molar-refractivity contribution in [1.82, 2.24) is 9.80 Å². The molecule has 34 heavy (non-hydrogen) atoms. The van der Waals surface area contributed by atoms with Gasteiger partial charge in [-0.25, -0.2) is 4.39 Å². The lowest BCUT2D eigenvalue weighted by Crippen LogP contribution is -2.50. The SMILES string of the molecule is Cc1ccc(C2(C(=O)N3CCC[C@@H](N(C)C(=O)Cc4ccccc4F)CC3)CCOCC2)cc1. The number of benzene rings is 2. The second-order valence-electron chi connectivity index (χ2n) is 9.71. The van der Waals surface area contributed by atoms with E-state index in [-0.39, 0.29) is 30.1 Å². The van der Waals surface area contributed by atoms with E-state index in [0.29, 0.717) is 44.7 Å². The molecule has 0 aromatic heterocycles. The van der Waals surface area contributed by atoms with E-state index in [1.54, 1.807) is 30.1 Å². The number of carbonyl (C=O) groups excluding carboxylic acids is 2. The lowest BCUT2D eigenvalue weighted by atomic mass is 9.72. The molecule has 0 unspecified atom stereocenters. The van der Waals surface area contributed by atoms with E-state index in [1.165, 1.54) is 11.6 Å². The van der Waals surface area contributed by atoms with Crippen molar-refractivity contribution in [2.75, 3.05) is 33.4 Å². The third-order valence-corrected chi connectivity index (χ3v) is 7.59. The molecule has 0 saturated carbocycles. The molecule has 4 rings (SSSR count). The van der Waals surface area contributed by atoms with Crippen molar-refractivity contribution in [2.24, 2.45) is 0 Å². The van der Waals surface area contributed by atoms with E-state index in [4.69, 9.17) is 4.74 Å². The maximum Gasteiger partial charge on any atom is 0.233 e. The van der Waals surface area contributed by atoms with Gasteiger partial charge in [-0.3, -0.25) is 9.59 Å². The molecule has 0 N–H and O–H groups in total. The maximum atomic E-state index is 14.0. The molecule has 182 valence electrons. The molecule has 6 heteroatoms. The fourth-order valence-corrected chi connectivity index (χ4v) is 5.32. The first kappa shape index (κ1) is 24.4. The molecule has 1 atom stereocenters. The Morgan fingerprint density at radius 1 is 1.06 bits per heavy atom. The Kier molecular flexibility index (Phi) is 7.67. The van der Waals surface area contributed by atoms with Crippen LogP contribution >= 0.6 is 0 Å². The van der Waals surface area contributed by atoms with E-state index in [2.05, 4.69) is 31.2 Å². The third-order valence-electron chi connectivity index (χ3n) is 7.59. The van der Waals surface area contributed by atoms with Crippen molar-refractivity contribution in [3.8, 4) is 0 Å². The number of amides is 2. The van der Waals surface area contributed by atoms with Gasteiger partial charge < -0.3 is 14.5 Å². The van der Waals surface area contributed by atoms with Gasteiger partial charge in [-0.1, -0.05) is 48.0 Å². The van der Waals surface area contributed by atoms with E-state index in [9.17, 15) is 14.0 Å². The number of hydrogen-bond acceptors (Lipinski definition) is 3. The summed E-state index contributed by atoms with van der Waals surface area (Å²) in [4.78, 5) is 30.6. The van der Waals surface area contributed by atoms with Crippen LogP contribution < -0.4 is 0 Å². The smallest absolute Gasteiger partial charge is 0.233 e. The quantitative estimate of drug-likeness (QED) is 0.662. The molecule has 2 aromatic carbocycles. The third kappa shape index (κ3) is 5.17. The molecular formula is C28H35FN2O3. The Hall–Kier alpha value is -2.73. The van der Waals surface area contributed by atoms with Crippen molar-refractivity contribution >= 4 is 11.8 Å². The summed E-state index contributed by atoms with van der Waals surface area (Å²) in [5.41, 5.74) is 2.13. The largest absolute Gasteiger partial charge is 0.381 e. The number of halogens is 1. The molecule has 0 spiro atoms. The summed E-state index contributed by atoms with van der Waals surface area (Å²) in [7, 11) is 1.80. The van der Waals surface area contributed by atoms with Crippen LogP contribution in [0.2, 0.25) is 0 Å². The number of carbonyl (C=O) groups is 2. The molecule has 5 nitrogen and oxygen atoms in total. The van der Waals surface area contributed by atoms with Gasteiger partial charge in [-0.05, 0) is 56.2 Å². The Bertz CT molecular complexity index is 1000. The first-order valence-electron chi connectivity index (χ1n) is 12.3. The Morgan fingerprint density at radius 3 is 2.47 bits per heavy atom. The summed E-state index contributed by atoms with van der Waals surface area (Å²) >= 11 is 0. The summed E-state index contributed by atoms with van der Waals surface area (Å²) in [5.74, 6) is -0.254. The molecule has 2 aromatic rings. The van der Waals surface area contributed by atoms with Crippen molar-refractivity contribution in [1.29, 1.82) is 0 Å². The molecule has 2 aliphatic heterocycles. The van der Waals surface area contributed by atoms with Crippen LogP contribution in [0.1, 0.15) is 48.8 Å². The van der Waals surface area contributed by atoms with Gasteiger partial charge in [0.2, 0.25) is 11.8 Å². The van der Waals surface area contributed by atoms with Gasteiger partial charge >= 0.3 is 0 Å². The highest BCUT2D eigenvalue weighted by Crippen LogP contribution is 2.37. The van der Waals surface area contributed by atoms with E-state index < -0.39 is 5.41 Å². The highest BCUT2D eigenvalue weighted by molar-refractivity contribution is 5.88. The number of ether oxygens (including phenoxy) is 1. The molecule has 2 amide bonds. The first-order chi connectivity index (χ1) is 16.4. The maximum absolute atomic E-state index is 14.0. The molecular weight excluding hydrogens is 431 g/mol. The van der Waals surface area contributed by atoms with Gasteiger partial charge in [-0.15, -0.1) is 0 Å². The number of nitrogens with zero attached hydrogens (tertiary/aromatic N) is 2. The molecule has 2 aliphatic rings. The zero-order valence-corrected chi connectivity index (χ0v) is 20.3. The van der Waals surface area contributed by atoms with E-state index in [1.807, 2.05) is 4.90 Å². The van der Waals surface area contributed by atoms with Crippen LogP contribution in [0.25, 0.3) is 0 Å². The van der Waals surface area contributed by atoms with Crippen LogP contribution in [0, 0.1) is 12.7 Å². The molecule has 0 bridgehead atoms. The van der Waals surface area contributed by atoms with E-state index in [0.717, 1.165) is 24.8 Å². The molecule has 0 aliphatic carbocycles. The number of aryl methyl sites for hydroxylation is 1. The van der Waals surface area contributed by atoms with Gasteiger partial charge in [0, 0.05) is 39.4 Å². The van der Waals surface area contributed by atoms with Crippen LogP contribution in [0.3, 0.4) is 0 Å². The summed E-state index contributed by atoms with van der Waals surface area (Å²) in [6.45, 7) is 4.54. The van der Waals surface area contributed by atoms with Crippen LogP contribution in [0.4, 0.5) is 4.39 Å². The number of likely N-dealkylation sites (N-methyl/N-ethyl adjacent to an activating group) is 1. The zero-order valence-electron chi connectivity index (χ0n) is 20.3. The standard InChI is InChI=1S/C28H35FN2O3/c1-21-9-11-23(12-10-21)28(14-18-34-19-15-28)27(33)31-16-5-7-24(13-17-31)30(2)26(32)20-22-6-3-4-8-25(22)29/h3-4,6,8-12,24H,5,7,13-20H2,1-2H3/t24-/m1/s1. The minimum atomic E-state index is -0.543. The summed E-state index contributed by atoms with van der Waals surface area (Å²) in [5, 5.41) is 0. The fourth-order valence-electron chi connectivity index (χ4n) is 5.32. The summed E-state index contributed by atoms with van der Waals surface area (Å²) in [6.07, 6.45) is 3.84. The predicted octanol–water partition coefficient (Wildman–Crippen LogP) is 4.26. The highest BCUT2D eigenvalue weighted by Gasteiger charge is 2.44. The summed E-state index contributed by atoms with van der Waals surface area (Å²) in [6, 6.07) is 14.8. The van der Waals surface area contributed by atoms with Crippen LogP contribution in [0.15, 0.2) is 48.5 Å². The van der Waals surface area contributed by atoms with Gasteiger partial charge in [0.05, 0.1) is 11.8 Å². The van der Waals surface area contributed by atoms with Crippen LogP contribution in [-0.2, 0) is 26.2 Å². The van der Waals surface area contributed by atoms with Gasteiger partial charge in [0.1, 0.15) is 5.82 Å². The molecule has 2 fully saturated rings. The topological polar surface area (TPSA) is 49.9 Å². The Balaban J connectivity index is 1.44. The minimum Gasteiger partial charge on any atom is -0.381 e. The Morgan fingerprint density at radius 2 is 1.76 bits per heavy atom. The first-order valence-corrected chi connectivity index (χ1v) is 12.3. The second kappa shape index (κ2) is 10.7. The monoisotopic (exact) mass is 466 g/mol. The molecule has 2 heterocycles. The van der Waals surface area contributed by atoms with Crippen molar-refractivity contribution in [2.45, 2.75) is 56.9 Å². The predicted molar refractivity (Wildman–Crippen MR) is 130 cm³/mol. The van der Waals surface area contributed by atoms with Crippen molar-refractivity contribution < 1.29 is 18.7 Å². The second-order valence-corrected chi connectivity index (χ2v) is 9.71. The lowest BCUT2D eigenvalue weighted by molar-refractivity contribution is -0.141. The minimum absolute atomic E-state index is 0.0436. The average Bonchev–Trinajstić information content (AvgIpc) is 3.11.